The molecule has 0 radical (unpaired) electrons. The predicted molar refractivity (Wildman–Crippen MR) is 125 cm³/mol. The zero-order valence-corrected chi connectivity index (χ0v) is 19.6. The highest BCUT2D eigenvalue weighted by Crippen LogP contribution is 2.21. The summed E-state index contributed by atoms with van der Waals surface area (Å²) in [5, 5.41) is 6.65. The van der Waals surface area contributed by atoms with Gasteiger partial charge in [0.1, 0.15) is 11.8 Å². The van der Waals surface area contributed by atoms with E-state index in [0.29, 0.717) is 22.8 Å². The molecule has 0 fully saturated rings. The van der Waals surface area contributed by atoms with Gasteiger partial charge in [0.15, 0.2) is 18.2 Å². The average molecular weight is 476 g/mol. The number of carbonyl (C=O) groups excluding carboxylic acids is 3. The van der Waals surface area contributed by atoms with Gasteiger partial charge in [0.2, 0.25) is 5.78 Å². The minimum atomic E-state index is -1.01. The number of rotatable bonds is 9. The number of hydrogen-bond donors (Lipinski definition) is 1. The van der Waals surface area contributed by atoms with Crippen molar-refractivity contribution in [2.24, 2.45) is 0 Å². The lowest BCUT2D eigenvalue weighted by Gasteiger charge is -2.17. The summed E-state index contributed by atoms with van der Waals surface area (Å²) in [7, 11) is 0. The third-order valence-corrected chi connectivity index (χ3v) is 5.54. The number of Topliss-reactive ketones (excluding diaryl/α,β-unsaturated/α-hetero) is 1. The summed E-state index contributed by atoms with van der Waals surface area (Å²) in [6.07, 6.45) is 1.56. The first-order chi connectivity index (χ1) is 16.8. The molecule has 0 bridgehead atoms. The first kappa shape index (κ1) is 23.7. The Labute approximate surface area is 201 Å². The first-order valence-electron chi connectivity index (χ1n) is 11.0. The summed E-state index contributed by atoms with van der Waals surface area (Å²) < 4.78 is 17.4. The van der Waals surface area contributed by atoms with Crippen LogP contribution < -0.4 is 5.32 Å². The van der Waals surface area contributed by atoms with E-state index in [1.165, 1.54) is 12.3 Å². The van der Waals surface area contributed by atoms with Crippen LogP contribution in [0.15, 0.2) is 69.8 Å². The standard InChI is InChI=1S/C26H25N3O6/c1-16-12-20(18(3)29(16)24-13-17(2)35-28-24)22(30)15-34-26(32)21(14-19-8-5-4-6-9-19)27-25(31)23-10-7-11-33-23/h4-13,21H,14-15H2,1-3H3,(H,27,31)/t21-/m0/s1. The molecular weight excluding hydrogens is 450 g/mol. The molecule has 4 rings (SSSR count). The van der Waals surface area contributed by atoms with Crippen LogP contribution in [0.25, 0.3) is 5.82 Å². The number of nitrogens with one attached hydrogen (secondary N) is 1. The SMILES string of the molecule is Cc1cc(-n2c(C)cc(C(=O)COC(=O)[C@H](Cc3ccccc3)NC(=O)c3ccco3)c2C)no1. The van der Waals surface area contributed by atoms with Crippen LogP contribution in [0.2, 0.25) is 0 Å². The molecule has 1 aromatic carbocycles. The van der Waals surface area contributed by atoms with Gasteiger partial charge in [-0.2, -0.15) is 0 Å². The highest BCUT2D eigenvalue weighted by atomic mass is 16.5. The Kier molecular flexibility index (Phi) is 6.96. The Morgan fingerprint density at radius 1 is 1.06 bits per heavy atom. The van der Waals surface area contributed by atoms with Crippen molar-refractivity contribution >= 4 is 17.7 Å². The second kappa shape index (κ2) is 10.3. The van der Waals surface area contributed by atoms with Crippen LogP contribution in [-0.2, 0) is 16.0 Å². The second-order valence-corrected chi connectivity index (χ2v) is 8.14. The van der Waals surface area contributed by atoms with E-state index in [0.717, 1.165) is 11.3 Å². The molecule has 1 amide bonds. The minimum absolute atomic E-state index is 0.0717. The molecule has 180 valence electrons. The van der Waals surface area contributed by atoms with E-state index in [9.17, 15) is 14.4 Å². The molecule has 1 atom stereocenters. The third kappa shape index (κ3) is 5.40. The summed E-state index contributed by atoms with van der Waals surface area (Å²) >= 11 is 0. The Morgan fingerprint density at radius 3 is 2.49 bits per heavy atom. The molecule has 3 aromatic heterocycles. The minimum Gasteiger partial charge on any atom is -0.459 e. The van der Waals surface area contributed by atoms with Crippen molar-refractivity contribution < 1.29 is 28.1 Å². The number of ketones is 1. The van der Waals surface area contributed by atoms with Crippen LogP contribution in [0.3, 0.4) is 0 Å². The van der Waals surface area contributed by atoms with Gasteiger partial charge in [-0.25, -0.2) is 4.79 Å². The largest absolute Gasteiger partial charge is 0.459 e. The number of esters is 1. The normalized spacial score (nSPS) is 11.7. The number of carbonyl (C=O) groups is 3. The summed E-state index contributed by atoms with van der Waals surface area (Å²) in [6.45, 7) is 4.95. The molecule has 0 saturated heterocycles. The topological polar surface area (TPSA) is 117 Å². The number of benzene rings is 1. The van der Waals surface area contributed by atoms with E-state index in [4.69, 9.17) is 13.7 Å². The van der Waals surface area contributed by atoms with Crippen molar-refractivity contribution in [1.29, 1.82) is 0 Å². The quantitative estimate of drug-likeness (QED) is 0.289. The highest BCUT2D eigenvalue weighted by Gasteiger charge is 2.26. The Balaban J connectivity index is 1.47. The molecule has 35 heavy (non-hydrogen) atoms. The van der Waals surface area contributed by atoms with Crippen molar-refractivity contribution in [2.45, 2.75) is 33.2 Å². The van der Waals surface area contributed by atoms with Crippen molar-refractivity contribution in [2.75, 3.05) is 6.61 Å². The monoisotopic (exact) mass is 475 g/mol. The van der Waals surface area contributed by atoms with E-state index in [1.54, 1.807) is 36.6 Å². The highest BCUT2D eigenvalue weighted by molar-refractivity contribution is 6.00. The van der Waals surface area contributed by atoms with Gasteiger partial charge in [-0.05, 0) is 44.5 Å². The zero-order chi connectivity index (χ0) is 24.9. The van der Waals surface area contributed by atoms with Crippen molar-refractivity contribution in [1.82, 2.24) is 15.0 Å². The summed E-state index contributed by atoms with van der Waals surface area (Å²) in [5.74, 6) is -0.350. The van der Waals surface area contributed by atoms with Crippen LogP contribution in [-0.4, -0.2) is 40.0 Å². The zero-order valence-electron chi connectivity index (χ0n) is 19.6. The molecule has 3 heterocycles. The van der Waals surface area contributed by atoms with Gasteiger partial charge < -0.3 is 19.0 Å². The number of aromatic nitrogens is 2. The first-order valence-corrected chi connectivity index (χ1v) is 11.0. The Hall–Kier alpha value is -4.40. The molecule has 0 aliphatic rings. The fourth-order valence-corrected chi connectivity index (χ4v) is 3.85. The molecule has 1 N–H and O–H groups in total. The molecule has 0 saturated carbocycles. The van der Waals surface area contributed by atoms with Crippen LogP contribution in [0.4, 0.5) is 0 Å². The summed E-state index contributed by atoms with van der Waals surface area (Å²) in [4.78, 5) is 38.3. The molecule has 9 heteroatoms. The fourth-order valence-electron chi connectivity index (χ4n) is 3.85. The number of aryl methyl sites for hydroxylation is 2. The maximum Gasteiger partial charge on any atom is 0.329 e. The summed E-state index contributed by atoms with van der Waals surface area (Å²) in [5.41, 5.74) is 2.68. The molecule has 0 spiro atoms. The number of ether oxygens (including phenoxy) is 1. The molecule has 4 aromatic rings. The number of nitrogens with zero attached hydrogens (tertiary/aromatic N) is 2. The van der Waals surface area contributed by atoms with Crippen LogP contribution >= 0.6 is 0 Å². The number of furan rings is 1. The predicted octanol–water partition coefficient (Wildman–Crippen LogP) is 3.75. The van der Waals surface area contributed by atoms with Gasteiger partial charge in [0.25, 0.3) is 5.91 Å². The van der Waals surface area contributed by atoms with E-state index in [1.807, 2.05) is 37.3 Å². The van der Waals surface area contributed by atoms with Crippen molar-refractivity contribution in [3.8, 4) is 5.82 Å². The van der Waals surface area contributed by atoms with Crippen LogP contribution in [0.1, 0.15) is 43.6 Å². The van der Waals surface area contributed by atoms with Crippen molar-refractivity contribution in [3.05, 3.63) is 94.9 Å². The molecule has 9 nitrogen and oxygen atoms in total. The molecule has 0 aliphatic heterocycles. The van der Waals surface area contributed by atoms with E-state index < -0.39 is 24.5 Å². The smallest absolute Gasteiger partial charge is 0.329 e. The number of amides is 1. The lowest BCUT2D eigenvalue weighted by atomic mass is 10.1. The maximum atomic E-state index is 12.9. The average Bonchev–Trinajstić information content (AvgIpc) is 3.58. The lowest BCUT2D eigenvalue weighted by molar-refractivity contribution is -0.144. The second-order valence-electron chi connectivity index (χ2n) is 8.14. The van der Waals surface area contributed by atoms with Crippen LogP contribution in [0, 0.1) is 20.8 Å². The van der Waals surface area contributed by atoms with Gasteiger partial charge in [-0.1, -0.05) is 35.5 Å². The van der Waals surface area contributed by atoms with E-state index in [-0.39, 0.29) is 18.0 Å². The van der Waals surface area contributed by atoms with Crippen molar-refractivity contribution in [3.63, 3.8) is 0 Å². The lowest BCUT2D eigenvalue weighted by Crippen LogP contribution is -2.43. The van der Waals surface area contributed by atoms with E-state index >= 15 is 0 Å². The van der Waals surface area contributed by atoms with Gasteiger partial charge in [-0.3, -0.25) is 14.2 Å². The summed E-state index contributed by atoms with van der Waals surface area (Å²) in [6, 6.07) is 14.8. The molecular formula is C26H25N3O6. The van der Waals surface area contributed by atoms with Gasteiger partial charge in [-0.15, -0.1) is 0 Å². The van der Waals surface area contributed by atoms with Gasteiger partial charge >= 0.3 is 5.97 Å². The van der Waals surface area contributed by atoms with Gasteiger partial charge in [0.05, 0.1) is 6.26 Å². The number of hydrogen-bond acceptors (Lipinski definition) is 7. The molecule has 0 unspecified atom stereocenters. The molecule has 0 aliphatic carbocycles. The third-order valence-electron chi connectivity index (χ3n) is 5.54. The van der Waals surface area contributed by atoms with Crippen LogP contribution in [0.5, 0.6) is 0 Å². The van der Waals surface area contributed by atoms with Gasteiger partial charge in [0, 0.05) is 29.4 Å². The Bertz CT molecular complexity index is 1330. The Morgan fingerprint density at radius 2 is 1.83 bits per heavy atom. The fraction of sp³-hybridized carbons (Fsp3) is 0.231. The maximum absolute atomic E-state index is 12.9. The van der Waals surface area contributed by atoms with E-state index in [2.05, 4.69) is 10.5 Å².